The van der Waals surface area contributed by atoms with Gasteiger partial charge >= 0.3 is 0 Å². The van der Waals surface area contributed by atoms with Crippen LogP contribution in [0.15, 0.2) is 42.6 Å². The second-order valence-corrected chi connectivity index (χ2v) is 4.52. The molecule has 5 heteroatoms. The van der Waals surface area contributed by atoms with E-state index in [1.807, 2.05) is 0 Å². The third-order valence-electron chi connectivity index (χ3n) is 3.28. The molecule has 0 aliphatic heterocycles. The number of carbonyl (C=O) groups excluding carboxylic acids is 1. The van der Waals surface area contributed by atoms with E-state index in [0.717, 1.165) is 0 Å². The minimum atomic E-state index is -0.404. The number of benzene rings is 1. The molecule has 0 bridgehead atoms. The van der Waals surface area contributed by atoms with Gasteiger partial charge in [-0.2, -0.15) is 0 Å². The van der Waals surface area contributed by atoms with E-state index in [2.05, 4.69) is 4.98 Å². The molecule has 5 nitrogen and oxygen atoms in total. The lowest BCUT2D eigenvalue weighted by Gasteiger charge is -2.25. The fourth-order valence-corrected chi connectivity index (χ4v) is 1.95. The average molecular weight is 272 g/mol. The predicted octanol–water partition coefficient (Wildman–Crippen LogP) is 2.33. The number of carbonyl (C=O) groups is 1. The van der Waals surface area contributed by atoms with Crippen LogP contribution in [0.4, 0.5) is 0 Å². The van der Waals surface area contributed by atoms with E-state index in [-0.39, 0.29) is 23.2 Å². The minimum absolute atomic E-state index is 0.00253. The van der Waals surface area contributed by atoms with Crippen LogP contribution in [0.25, 0.3) is 0 Å². The highest BCUT2D eigenvalue weighted by Crippen LogP contribution is 2.28. The van der Waals surface area contributed by atoms with Crippen molar-refractivity contribution in [2.45, 2.75) is 13.0 Å². The van der Waals surface area contributed by atoms with Crippen molar-refractivity contribution < 1.29 is 15.0 Å². The first-order valence-corrected chi connectivity index (χ1v) is 6.21. The third-order valence-corrected chi connectivity index (χ3v) is 3.28. The zero-order chi connectivity index (χ0) is 14.7. The smallest absolute Gasteiger partial charge is 0.276 e. The first kappa shape index (κ1) is 13.9. The van der Waals surface area contributed by atoms with Gasteiger partial charge in [-0.05, 0) is 25.1 Å². The van der Waals surface area contributed by atoms with Gasteiger partial charge in [-0.25, -0.2) is 4.98 Å². The number of nitrogens with zero attached hydrogens (tertiary/aromatic N) is 2. The van der Waals surface area contributed by atoms with E-state index in [1.54, 1.807) is 44.3 Å². The summed E-state index contributed by atoms with van der Waals surface area (Å²) in [4.78, 5) is 17.6. The van der Waals surface area contributed by atoms with Gasteiger partial charge in [0, 0.05) is 18.8 Å². The monoisotopic (exact) mass is 272 g/mol. The van der Waals surface area contributed by atoms with Crippen molar-refractivity contribution in [3.63, 3.8) is 0 Å². The second kappa shape index (κ2) is 5.61. The Kier molecular flexibility index (Phi) is 3.89. The molecule has 2 N–H and O–H groups in total. The van der Waals surface area contributed by atoms with Crippen LogP contribution in [0.1, 0.15) is 29.0 Å². The van der Waals surface area contributed by atoms with Gasteiger partial charge in [0.25, 0.3) is 5.91 Å². The maximum Gasteiger partial charge on any atom is 0.276 e. The number of para-hydroxylation sites is 1. The molecule has 20 heavy (non-hydrogen) atoms. The first-order valence-electron chi connectivity index (χ1n) is 6.21. The molecule has 1 aromatic heterocycles. The average Bonchev–Trinajstić information content (AvgIpc) is 2.46. The number of pyridine rings is 1. The summed E-state index contributed by atoms with van der Waals surface area (Å²) < 4.78 is 0. The zero-order valence-corrected chi connectivity index (χ0v) is 11.3. The Labute approximate surface area is 117 Å². The van der Waals surface area contributed by atoms with Crippen molar-refractivity contribution in [1.82, 2.24) is 9.88 Å². The molecule has 1 heterocycles. The molecule has 0 saturated carbocycles. The van der Waals surface area contributed by atoms with Crippen molar-refractivity contribution in [2.24, 2.45) is 0 Å². The number of aromatic hydroxyl groups is 2. The van der Waals surface area contributed by atoms with Gasteiger partial charge in [-0.1, -0.05) is 18.2 Å². The van der Waals surface area contributed by atoms with Crippen LogP contribution in [-0.4, -0.2) is 33.1 Å². The zero-order valence-electron chi connectivity index (χ0n) is 11.3. The van der Waals surface area contributed by atoms with Crippen LogP contribution < -0.4 is 0 Å². The van der Waals surface area contributed by atoms with Gasteiger partial charge < -0.3 is 15.1 Å². The van der Waals surface area contributed by atoms with Crippen LogP contribution >= 0.6 is 0 Å². The van der Waals surface area contributed by atoms with Gasteiger partial charge in [0.15, 0.2) is 5.69 Å². The molecule has 0 aliphatic rings. The highest BCUT2D eigenvalue weighted by molar-refractivity contribution is 5.94. The Balaban J connectivity index is 2.28. The number of amides is 1. The SMILES string of the molecule is C[C@@H](c1ccccc1O)N(C)C(=O)c1ncccc1O. The lowest BCUT2D eigenvalue weighted by atomic mass is 10.1. The molecule has 0 fully saturated rings. The molecule has 1 aromatic carbocycles. The van der Waals surface area contributed by atoms with Gasteiger partial charge in [-0.15, -0.1) is 0 Å². The molecule has 0 radical (unpaired) electrons. The molecule has 0 spiro atoms. The molecule has 2 aromatic rings. The number of phenols is 1. The Morgan fingerprint density at radius 3 is 2.45 bits per heavy atom. The van der Waals surface area contributed by atoms with Crippen molar-refractivity contribution in [1.29, 1.82) is 0 Å². The lowest BCUT2D eigenvalue weighted by molar-refractivity contribution is 0.0732. The Bertz CT molecular complexity index is 628. The van der Waals surface area contributed by atoms with E-state index >= 15 is 0 Å². The van der Waals surface area contributed by atoms with Crippen LogP contribution in [-0.2, 0) is 0 Å². The Morgan fingerprint density at radius 2 is 1.80 bits per heavy atom. The molecule has 0 unspecified atom stereocenters. The summed E-state index contributed by atoms with van der Waals surface area (Å²) in [6.45, 7) is 1.80. The standard InChI is InChI=1S/C15H16N2O3/c1-10(11-6-3-4-7-12(11)18)17(2)15(20)14-13(19)8-5-9-16-14/h3-10,18-19H,1-2H3/t10-/m0/s1. The first-order chi connectivity index (χ1) is 9.52. The summed E-state index contributed by atoms with van der Waals surface area (Å²) in [5.74, 6) is -0.433. The summed E-state index contributed by atoms with van der Waals surface area (Å²) >= 11 is 0. The Hall–Kier alpha value is -2.56. The molecule has 1 amide bonds. The number of phenolic OH excluding ortho intramolecular Hbond substituents is 1. The van der Waals surface area contributed by atoms with Crippen molar-refractivity contribution in [2.75, 3.05) is 7.05 Å². The molecular weight excluding hydrogens is 256 g/mol. The summed E-state index contributed by atoms with van der Waals surface area (Å²) in [7, 11) is 1.60. The van der Waals surface area contributed by atoms with Crippen molar-refractivity contribution in [3.8, 4) is 11.5 Å². The van der Waals surface area contributed by atoms with Gasteiger partial charge in [-0.3, -0.25) is 4.79 Å². The van der Waals surface area contributed by atoms with Crippen molar-refractivity contribution >= 4 is 5.91 Å². The summed E-state index contributed by atoms with van der Waals surface area (Å²) in [6.07, 6.45) is 1.45. The fourth-order valence-electron chi connectivity index (χ4n) is 1.95. The summed E-state index contributed by atoms with van der Waals surface area (Å²) in [5.41, 5.74) is 0.635. The van der Waals surface area contributed by atoms with Crippen LogP contribution in [0.2, 0.25) is 0 Å². The van der Waals surface area contributed by atoms with Gasteiger partial charge in [0.05, 0.1) is 6.04 Å². The Morgan fingerprint density at radius 1 is 1.15 bits per heavy atom. The van der Waals surface area contributed by atoms with E-state index in [1.165, 1.54) is 17.2 Å². The normalized spacial score (nSPS) is 11.9. The maximum atomic E-state index is 12.3. The van der Waals surface area contributed by atoms with Crippen molar-refractivity contribution in [3.05, 3.63) is 53.9 Å². The van der Waals surface area contributed by atoms with E-state index in [9.17, 15) is 15.0 Å². The van der Waals surface area contributed by atoms with Crippen LogP contribution in [0.5, 0.6) is 11.5 Å². The van der Waals surface area contributed by atoms with Crippen LogP contribution in [0, 0.1) is 0 Å². The summed E-state index contributed by atoms with van der Waals surface area (Å²) in [5, 5.41) is 19.5. The molecule has 0 saturated heterocycles. The molecular formula is C15H16N2O3. The fraction of sp³-hybridized carbons (Fsp3) is 0.200. The lowest BCUT2D eigenvalue weighted by Crippen LogP contribution is -2.30. The minimum Gasteiger partial charge on any atom is -0.508 e. The quantitative estimate of drug-likeness (QED) is 0.899. The number of hydrogen-bond acceptors (Lipinski definition) is 4. The molecule has 1 atom stereocenters. The van der Waals surface area contributed by atoms with E-state index < -0.39 is 5.91 Å². The third kappa shape index (κ3) is 2.56. The van der Waals surface area contributed by atoms with E-state index in [0.29, 0.717) is 5.56 Å². The highest BCUT2D eigenvalue weighted by atomic mass is 16.3. The molecule has 2 rings (SSSR count). The van der Waals surface area contributed by atoms with Gasteiger partial charge in [0.2, 0.25) is 0 Å². The second-order valence-electron chi connectivity index (χ2n) is 4.52. The number of aromatic nitrogens is 1. The predicted molar refractivity (Wildman–Crippen MR) is 74.5 cm³/mol. The summed E-state index contributed by atoms with van der Waals surface area (Å²) in [6, 6.07) is 9.46. The largest absolute Gasteiger partial charge is 0.508 e. The van der Waals surface area contributed by atoms with Crippen LogP contribution in [0.3, 0.4) is 0 Å². The van der Waals surface area contributed by atoms with E-state index in [4.69, 9.17) is 0 Å². The number of hydrogen-bond donors (Lipinski definition) is 2. The topological polar surface area (TPSA) is 73.7 Å². The number of rotatable bonds is 3. The molecule has 0 aliphatic carbocycles. The maximum absolute atomic E-state index is 12.3. The molecule has 104 valence electrons. The van der Waals surface area contributed by atoms with Gasteiger partial charge in [0.1, 0.15) is 11.5 Å². The highest BCUT2D eigenvalue weighted by Gasteiger charge is 2.23.